The number of aliphatic hydroxyl groups excluding tert-OH is 7. The predicted octanol–water partition coefficient (Wildman–Crippen LogP) is 2.05. The third-order valence-corrected chi connectivity index (χ3v) is 14.2. The molecule has 12 nitrogen and oxygen atoms in total. The highest BCUT2D eigenvalue weighted by molar-refractivity contribution is 5.38. The maximum absolute atomic E-state index is 11.6. The van der Waals surface area contributed by atoms with Gasteiger partial charge < -0.3 is 59.4 Å². The SMILES string of the molecule is COC1C(OC2C(OCC(C)C(C)C=CC(C)C3CC(O)C4=C5CC(O)C6CC(O)CCC6(C)C5CCC43C)OCC(O)C2O)OCC(O)C1O. The van der Waals surface area contributed by atoms with E-state index in [1.165, 1.54) is 18.3 Å². The highest BCUT2D eigenvalue weighted by Crippen LogP contribution is 2.65. The summed E-state index contributed by atoms with van der Waals surface area (Å²) in [5, 5.41) is 74.8. The molecular weight excluding hydrogens is 660 g/mol. The van der Waals surface area contributed by atoms with E-state index in [9.17, 15) is 35.7 Å². The van der Waals surface area contributed by atoms with Gasteiger partial charge in [-0.05, 0) is 96.9 Å². The lowest BCUT2D eigenvalue weighted by Crippen LogP contribution is -2.60. The molecule has 2 heterocycles. The van der Waals surface area contributed by atoms with E-state index < -0.39 is 61.4 Å². The van der Waals surface area contributed by atoms with E-state index >= 15 is 0 Å². The minimum absolute atomic E-state index is 0.0493. The summed E-state index contributed by atoms with van der Waals surface area (Å²) in [5.41, 5.74) is 2.29. The molecule has 0 amide bonds. The summed E-state index contributed by atoms with van der Waals surface area (Å²) in [4.78, 5) is 0. The average Bonchev–Trinajstić information content (AvgIpc) is 3.37. The topological polar surface area (TPSA) is 188 Å². The van der Waals surface area contributed by atoms with Crippen LogP contribution < -0.4 is 0 Å². The summed E-state index contributed by atoms with van der Waals surface area (Å²) in [5.74, 6) is 1.11. The van der Waals surface area contributed by atoms with Gasteiger partial charge in [0.2, 0.25) is 0 Å². The number of methoxy groups -OCH3 is 1. The molecule has 6 rings (SSSR count). The summed E-state index contributed by atoms with van der Waals surface area (Å²) >= 11 is 0. The van der Waals surface area contributed by atoms with Gasteiger partial charge in [0.1, 0.15) is 36.6 Å². The highest BCUT2D eigenvalue weighted by Gasteiger charge is 2.59. The summed E-state index contributed by atoms with van der Waals surface area (Å²) in [7, 11) is 1.36. The van der Waals surface area contributed by atoms with Crippen molar-refractivity contribution in [2.24, 2.45) is 46.3 Å². The van der Waals surface area contributed by atoms with Gasteiger partial charge in [-0.3, -0.25) is 0 Å². The first-order valence-electron chi connectivity index (χ1n) is 19.3. The first-order chi connectivity index (χ1) is 24.1. The molecule has 0 aromatic heterocycles. The number of rotatable bonds is 10. The Bertz CT molecular complexity index is 1260. The van der Waals surface area contributed by atoms with E-state index in [1.807, 2.05) is 0 Å². The molecule has 5 fully saturated rings. The van der Waals surface area contributed by atoms with Crippen molar-refractivity contribution in [3.8, 4) is 0 Å². The molecule has 0 spiro atoms. The molecular formula is C39H64O12. The lowest BCUT2D eigenvalue weighted by molar-refractivity contribution is -0.346. The van der Waals surface area contributed by atoms with Crippen LogP contribution in [0.2, 0.25) is 0 Å². The number of aliphatic hydroxyl groups is 7. The number of hydrogen-bond donors (Lipinski definition) is 7. The smallest absolute Gasteiger partial charge is 0.187 e. The molecule has 19 unspecified atom stereocenters. The van der Waals surface area contributed by atoms with Gasteiger partial charge in [0.15, 0.2) is 12.6 Å². The van der Waals surface area contributed by atoms with Gasteiger partial charge >= 0.3 is 0 Å². The van der Waals surface area contributed by atoms with Crippen molar-refractivity contribution < 1.29 is 59.4 Å². The quantitative estimate of drug-likeness (QED) is 0.163. The molecule has 0 aromatic rings. The van der Waals surface area contributed by atoms with Gasteiger partial charge in [-0.2, -0.15) is 0 Å². The molecule has 0 bridgehead atoms. The second-order valence-corrected chi connectivity index (χ2v) is 17.4. The normalized spacial score (nSPS) is 49.3. The van der Waals surface area contributed by atoms with E-state index in [0.29, 0.717) is 25.2 Å². The first kappa shape index (κ1) is 39.7. The molecule has 51 heavy (non-hydrogen) atoms. The molecule has 12 heteroatoms. The van der Waals surface area contributed by atoms with Crippen LogP contribution in [-0.4, -0.2) is 130 Å². The Kier molecular flexibility index (Phi) is 12.2. The maximum atomic E-state index is 11.6. The zero-order valence-corrected chi connectivity index (χ0v) is 31.2. The Morgan fingerprint density at radius 1 is 0.824 bits per heavy atom. The van der Waals surface area contributed by atoms with Crippen LogP contribution in [0.5, 0.6) is 0 Å². The minimum atomic E-state index is -1.34. The van der Waals surface area contributed by atoms with Crippen LogP contribution in [0.1, 0.15) is 79.6 Å². The standard InChI is InChI=1S/C39H64O12/c1-19(21(3)16-48-36-35(33(46)30(44)17-49-36)51-37-34(47-6)32(45)29(43)18-50-37)7-8-20(2)25-15-28(42)31-23-14-27(41)26-13-22(40)9-11-38(26,4)24(23)10-12-39(25,31)5/h7-8,19-22,24-30,32-37,40-46H,9-18H2,1-6H3. The maximum Gasteiger partial charge on any atom is 0.187 e. The Balaban J connectivity index is 1.08. The van der Waals surface area contributed by atoms with Crippen LogP contribution in [0.15, 0.2) is 23.3 Å². The molecule has 4 aliphatic carbocycles. The van der Waals surface area contributed by atoms with Crippen LogP contribution in [0, 0.1) is 46.3 Å². The molecule has 7 N–H and O–H groups in total. The van der Waals surface area contributed by atoms with E-state index in [4.69, 9.17) is 23.7 Å². The van der Waals surface area contributed by atoms with Gasteiger partial charge in [-0.25, -0.2) is 0 Å². The number of ether oxygens (including phenoxy) is 5. The van der Waals surface area contributed by atoms with Gasteiger partial charge in [-0.15, -0.1) is 0 Å². The molecule has 3 saturated carbocycles. The summed E-state index contributed by atoms with van der Waals surface area (Å²) in [6.45, 7) is 11.0. The van der Waals surface area contributed by atoms with Crippen LogP contribution in [0.25, 0.3) is 0 Å². The van der Waals surface area contributed by atoms with Gasteiger partial charge in [0.25, 0.3) is 0 Å². The second-order valence-electron chi connectivity index (χ2n) is 17.4. The molecule has 6 aliphatic rings. The van der Waals surface area contributed by atoms with Crippen LogP contribution >= 0.6 is 0 Å². The van der Waals surface area contributed by atoms with Crippen molar-refractivity contribution in [2.45, 2.75) is 147 Å². The second kappa shape index (κ2) is 15.6. The van der Waals surface area contributed by atoms with E-state index in [1.54, 1.807) is 0 Å². The third-order valence-electron chi connectivity index (χ3n) is 14.2. The molecule has 292 valence electrons. The van der Waals surface area contributed by atoms with Crippen molar-refractivity contribution in [3.63, 3.8) is 0 Å². The Labute approximate surface area is 302 Å². The predicted molar refractivity (Wildman–Crippen MR) is 186 cm³/mol. The summed E-state index contributed by atoms with van der Waals surface area (Å²) in [6, 6.07) is 0. The number of hydrogen-bond acceptors (Lipinski definition) is 12. The Morgan fingerprint density at radius 2 is 1.49 bits per heavy atom. The fourth-order valence-corrected chi connectivity index (χ4v) is 10.8. The van der Waals surface area contributed by atoms with E-state index in [-0.39, 0.29) is 66.3 Å². The highest BCUT2D eigenvalue weighted by atomic mass is 16.8. The zero-order valence-electron chi connectivity index (χ0n) is 31.2. The summed E-state index contributed by atoms with van der Waals surface area (Å²) in [6.07, 6.45) is -0.359. The number of fused-ring (bicyclic) bond motifs is 4. The minimum Gasteiger partial charge on any atom is -0.393 e. The van der Waals surface area contributed by atoms with Crippen LogP contribution in [-0.2, 0) is 23.7 Å². The molecule has 2 aliphatic heterocycles. The van der Waals surface area contributed by atoms with Crippen molar-refractivity contribution in [2.75, 3.05) is 26.9 Å². The van der Waals surface area contributed by atoms with Crippen molar-refractivity contribution in [3.05, 3.63) is 23.3 Å². The van der Waals surface area contributed by atoms with Crippen molar-refractivity contribution in [1.82, 2.24) is 0 Å². The van der Waals surface area contributed by atoms with Crippen LogP contribution in [0.4, 0.5) is 0 Å². The van der Waals surface area contributed by atoms with Gasteiger partial charge in [0, 0.05) is 7.11 Å². The fraction of sp³-hybridized carbons (Fsp3) is 0.897. The lowest BCUT2D eigenvalue weighted by Gasteiger charge is -2.58. The van der Waals surface area contributed by atoms with Gasteiger partial charge in [-0.1, -0.05) is 52.3 Å². The average molecular weight is 725 g/mol. The first-order valence-corrected chi connectivity index (χ1v) is 19.3. The fourth-order valence-electron chi connectivity index (χ4n) is 10.8. The monoisotopic (exact) mass is 724 g/mol. The molecule has 0 radical (unpaired) electrons. The molecule has 2 saturated heterocycles. The molecule has 19 atom stereocenters. The van der Waals surface area contributed by atoms with Gasteiger partial charge in [0.05, 0.1) is 38.1 Å². The van der Waals surface area contributed by atoms with Crippen LogP contribution in [0.3, 0.4) is 0 Å². The van der Waals surface area contributed by atoms with Crippen molar-refractivity contribution in [1.29, 1.82) is 0 Å². The Morgan fingerprint density at radius 3 is 2.18 bits per heavy atom. The Hall–Kier alpha value is -1.00. The third kappa shape index (κ3) is 7.39. The number of allylic oxidation sites excluding steroid dienone is 2. The van der Waals surface area contributed by atoms with E-state index in [2.05, 4.69) is 46.8 Å². The zero-order chi connectivity index (χ0) is 37.0. The molecule has 0 aromatic carbocycles. The lowest BCUT2D eigenvalue weighted by atomic mass is 9.48. The van der Waals surface area contributed by atoms with E-state index in [0.717, 1.165) is 25.7 Å². The summed E-state index contributed by atoms with van der Waals surface area (Å²) < 4.78 is 28.7. The van der Waals surface area contributed by atoms with Crippen molar-refractivity contribution >= 4 is 0 Å². The largest absolute Gasteiger partial charge is 0.393 e.